The summed E-state index contributed by atoms with van der Waals surface area (Å²) in [5, 5.41) is 2.85. The lowest BCUT2D eigenvalue weighted by Gasteiger charge is -2.29. The first-order chi connectivity index (χ1) is 14.5. The number of carbonyl (C=O) groups is 1. The zero-order chi connectivity index (χ0) is 21.5. The molecule has 2 aromatic carbocycles. The largest absolute Gasteiger partial charge is 0.493 e. The highest BCUT2D eigenvalue weighted by molar-refractivity contribution is 6.02. The maximum atomic E-state index is 12.4. The van der Waals surface area contributed by atoms with Crippen molar-refractivity contribution in [3.8, 4) is 11.5 Å². The Hall–Kier alpha value is -3.13. The molecule has 1 aliphatic rings. The SMILES string of the molecule is COc1cc(/C=C/C(=O)Nc2ccc(N3CCOCC3)cc2C)ccc1OC(F)F. The molecule has 0 aromatic heterocycles. The van der Waals surface area contributed by atoms with Crippen LogP contribution in [0.5, 0.6) is 11.5 Å². The van der Waals surface area contributed by atoms with Gasteiger partial charge < -0.3 is 24.4 Å². The lowest BCUT2D eigenvalue weighted by Crippen LogP contribution is -2.36. The lowest BCUT2D eigenvalue weighted by molar-refractivity contribution is -0.111. The number of methoxy groups -OCH3 is 1. The summed E-state index contributed by atoms with van der Waals surface area (Å²) in [4.78, 5) is 14.6. The molecule has 0 saturated carbocycles. The van der Waals surface area contributed by atoms with Gasteiger partial charge >= 0.3 is 6.61 Å². The van der Waals surface area contributed by atoms with Gasteiger partial charge in [-0.1, -0.05) is 6.07 Å². The van der Waals surface area contributed by atoms with Crippen LogP contribution < -0.4 is 19.7 Å². The fraction of sp³-hybridized carbons (Fsp3) is 0.318. The lowest BCUT2D eigenvalue weighted by atomic mass is 10.1. The Labute approximate surface area is 174 Å². The summed E-state index contributed by atoms with van der Waals surface area (Å²) in [6.45, 7) is 2.11. The molecule has 30 heavy (non-hydrogen) atoms. The molecule has 0 bridgehead atoms. The van der Waals surface area contributed by atoms with E-state index in [4.69, 9.17) is 9.47 Å². The highest BCUT2D eigenvalue weighted by atomic mass is 19.3. The van der Waals surface area contributed by atoms with Crippen LogP contribution in [-0.2, 0) is 9.53 Å². The number of benzene rings is 2. The number of alkyl halides is 2. The quantitative estimate of drug-likeness (QED) is 0.687. The summed E-state index contributed by atoms with van der Waals surface area (Å²) in [5.41, 5.74) is 3.39. The summed E-state index contributed by atoms with van der Waals surface area (Å²) >= 11 is 0. The number of halogens is 2. The molecule has 1 heterocycles. The first-order valence-electron chi connectivity index (χ1n) is 9.51. The molecular weight excluding hydrogens is 394 g/mol. The Morgan fingerprint density at radius 2 is 1.93 bits per heavy atom. The maximum absolute atomic E-state index is 12.4. The molecule has 1 fully saturated rings. The third-order valence-electron chi connectivity index (χ3n) is 4.67. The second kappa shape index (κ2) is 10.1. The predicted molar refractivity (Wildman–Crippen MR) is 112 cm³/mol. The Balaban J connectivity index is 1.64. The number of morpholine rings is 1. The van der Waals surface area contributed by atoms with Crippen LogP contribution in [0.2, 0.25) is 0 Å². The minimum absolute atomic E-state index is 0.0647. The average Bonchev–Trinajstić information content (AvgIpc) is 2.74. The van der Waals surface area contributed by atoms with Crippen molar-refractivity contribution in [2.45, 2.75) is 13.5 Å². The fourth-order valence-electron chi connectivity index (χ4n) is 3.13. The van der Waals surface area contributed by atoms with Crippen LogP contribution in [0.15, 0.2) is 42.5 Å². The highest BCUT2D eigenvalue weighted by Crippen LogP contribution is 2.30. The van der Waals surface area contributed by atoms with E-state index in [1.807, 2.05) is 25.1 Å². The zero-order valence-electron chi connectivity index (χ0n) is 16.9. The van der Waals surface area contributed by atoms with Crippen LogP contribution in [0.1, 0.15) is 11.1 Å². The van der Waals surface area contributed by atoms with Crippen molar-refractivity contribution >= 4 is 23.4 Å². The first kappa shape index (κ1) is 21.6. The van der Waals surface area contributed by atoms with E-state index in [2.05, 4.69) is 15.0 Å². The van der Waals surface area contributed by atoms with Gasteiger partial charge in [0.05, 0.1) is 20.3 Å². The third-order valence-corrected chi connectivity index (χ3v) is 4.67. The monoisotopic (exact) mass is 418 g/mol. The van der Waals surface area contributed by atoms with Crippen LogP contribution in [0.25, 0.3) is 6.08 Å². The van der Waals surface area contributed by atoms with Gasteiger partial charge in [0.1, 0.15) is 0 Å². The Morgan fingerprint density at radius 1 is 1.17 bits per heavy atom. The smallest absolute Gasteiger partial charge is 0.387 e. The maximum Gasteiger partial charge on any atom is 0.387 e. The van der Waals surface area contributed by atoms with Crippen LogP contribution in [0.4, 0.5) is 20.2 Å². The number of rotatable bonds is 7. The predicted octanol–water partition coefficient (Wildman–Crippen LogP) is 4.09. The van der Waals surface area contributed by atoms with Crippen molar-refractivity contribution in [2.75, 3.05) is 43.6 Å². The van der Waals surface area contributed by atoms with Gasteiger partial charge in [-0.05, 0) is 54.5 Å². The second-order valence-electron chi connectivity index (χ2n) is 6.71. The van der Waals surface area contributed by atoms with E-state index in [1.54, 1.807) is 12.1 Å². The number of nitrogens with one attached hydrogen (secondary N) is 1. The van der Waals surface area contributed by atoms with E-state index < -0.39 is 6.61 Å². The van der Waals surface area contributed by atoms with Crippen LogP contribution in [0.3, 0.4) is 0 Å². The first-order valence-corrected chi connectivity index (χ1v) is 9.51. The molecule has 2 aromatic rings. The Bertz CT molecular complexity index is 912. The average molecular weight is 418 g/mol. The summed E-state index contributed by atoms with van der Waals surface area (Å²) in [6, 6.07) is 10.3. The minimum atomic E-state index is -2.94. The van der Waals surface area contributed by atoms with Crippen molar-refractivity contribution in [3.63, 3.8) is 0 Å². The van der Waals surface area contributed by atoms with Gasteiger partial charge in [-0.25, -0.2) is 0 Å². The number of nitrogens with zero attached hydrogens (tertiary/aromatic N) is 1. The summed E-state index contributed by atoms with van der Waals surface area (Å²) in [6.07, 6.45) is 2.94. The molecule has 1 amide bonds. The van der Waals surface area contributed by atoms with Gasteiger partial charge in [0.2, 0.25) is 5.91 Å². The molecule has 1 aliphatic heterocycles. The number of hydrogen-bond acceptors (Lipinski definition) is 5. The Morgan fingerprint density at radius 3 is 2.60 bits per heavy atom. The third kappa shape index (κ3) is 5.70. The number of hydrogen-bond donors (Lipinski definition) is 1. The van der Waals surface area contributed by atoms with Crippen LogP contribution in [-0.4, -0.2) is 45.9 Å². The van der Waals surface area contributed by atoms with E-state index in [9.17, 15) is 13.6 Å². The number of anilines is 2. The molecule has 0 radical (unpaired) electrons. The van der Waals surface area contributed by atoms with E-state index in [0.29, 0.717) is 18.8 Å². The van der Waals surface area contributed by atoms with Gasteiger partial charge in [0.15, 0.2) is 11.5 Å². The molecule has 8 heteroatoms. The molecule has 1 saturated heterocycles. The van der Waals surface area contributed by atoms with Crippen molar-refractivity contribution in [3.05, 3.63) is 53.6 Å². The number of aryl methyl sites for hydroxylation is 1. The van der Waals surface area contributed by atoms with E-state index in [0.717, 1.165) is 30.0 Å². The summed E-state index contributed by atoms with van der Waals surface area (Å²) < 4.78 is 39.6. The van der Waals surface area contributed by atoms with Crippen molar-refractivity contribution in [1.82, 2.24) is 0 Å². The molecule has 6 nitrogen and oxygen atoms in total. The molecule has 3 rings (SSSR count). The molecule has 1 N–H and O–H groups in total. The topological polar surface area (TPSA) is 60.0 Å². The molecule has 0 unspecified atom stereocenters. The van der Waals surface area contributed by atoms with Crippen LogP contribution >= 0.6 is 0 Å². The van der Waals surface area contributed by atoms with Crippen molar-refractivity contribution < 1.29 is 27.8 Å². The zero-order valence-corrected chi connectivity index (χ0v) is 16.9. The highest BCUT2D eigenvalue weighted by Gasteiger charge is 2.13. The number of amides is 1. The van der Waals surface area contributed by atoms with E-state index in [-0.39, 0.29) is 17.4 Å². The minimum Gasteiger partial charge on any atom is -0.493 e. The fourth-order valence-corrected chi connectivity index (χ4v) is 3.13. The Kier molecular flexibility index (Phi) is 7.24. The molecule has 0 aliphatic carbocycles. The van der Waals surface area contributed by atoms with Gasteiger partial charge in [-0.15, -0.1) is 0 Å². The van der Waals surface area contributed by atoms with E-state index in [1.165, 1.54) is 25.3 Å². The molecule has 0 spiro atoms. The summed E-state index contributed by atoms with van der Waals surface area (Å²) in [7, 11) is 1.36. The molecular formula is C22H24F2N2O4. The van der Waals surface area contributed by atoms with Gasteiger partial charge in [-0.3, -0.25) is 4.79 Å². The van der Waals surface area contributed by atoms with Crippen LogP contribution in [0, 0.1) is 6.92 Å². The van der Waals surface area contributed by atoms with Gasteiger partial charge in [-0.2, -0.15) is 8.78 Å². The standard InChI is InChI=1S/C22H24F2N2O4/c1-15-13-17(26-9-11-29-12-10-26)5-6-18(15)25-21(27)8-4-16-3-7-19(30-22(23)24)20(14-16)28-2/h3-8,13-14,22H,9-12H2,1-2H3,(H,25,27)/b8-4+. The number of carbonyl (C=O) groups excluding carboxylic acids is 1. The number of ether oxygens (including phenoxy) is 3. The molecule has 0 atom stereocenters. The normalized spacial score (nSPS) is 14.2. The molecule has 160 valence electrons. The van der Waals surface area contributed by atoms with Crippen molar-refractivity contribution in [2.24, 2.45) is 0 Å². The summed E-state index contributed by atoms with van der Waals surface area (Å²) in [5.74, 6) is -0.207. The van der Waals surface area contributed by atoms with Gasteiger partial charge in [0, 0.05) is 30.5 Å². The van der Waals surface area contributed by atoms with Gasteiger partial charge in [0.25, 0.3) is 0 Å². The van der Waals surface area contributed by atoms with Crippen molar-refractivity contribution in [1.29, 1.82) is 0 Å². The van der Waals surface area contributed by atoms with E-state index >= 15 is 0 Å². The second-order valence-corrected chi connectivity index (χ2v) is 6.71.